The Morgan fingerprint density at radius 2 is 1.80 bits per heavy atom. The number of alkyl halides is 5. The summed E-state index contributed by atoms with van der Waals surface area (Å²) in [5.74, 6) is -1.64. The molecule has 0 aromatic carbocycles. The standard InChI is InChI=1S/C7H2ClF6N/c8-5-4(9)2(6(10)11)1-3(15-5)7(12,13)14/h1,6H. The fourth-order valence-corrected chi connectivity index (χ4v) is 1.02. The van der Waals surface area contributed by atoms with Crippen molar-refractivity contribution in [3.8, 4) is 0 Å². The summed E-state index contributed by atoms with van der Waals surface area (Å²) >= 11 is 4.95. The predicted octanol–water partition coefficient (Wildman–Crippen LogP) is 3.83. The Morgan fingerprint density at radius 1 is 1.27 bits per heavy atom. The van der Waals surface area contributed by atoms with Gasteiger partial charge in [0.05, 0.1) is 5.56 Å². The molecule has 0 saturated carbocycles. The van der Waals surface area contributed by atoms with E-state index < -0.39 is 34.8 Å². The summed E-state index contributed by atoms with van der Waals surface area (Å²) < 4.78 is 73.1. The maximum absolute atomic E-state index is 12.8. The number of hydrogen-bond acceptors (Lipinski definition) is 1. The molecule has 0 fully saturated rings. The van der Waals surface area contributed by atoms with E-state index in [9.17, 15) is 26.3 Å². The maximum Gasteiger partial charge on any atom is 0.433 e. The Kier molecular flexibility index (Phi) is 3.13. The minimum atomic E-state index is -4.94. The number of hydrogen-bond donors (Lipinski definition) is 0. The number of aromatic nitrogens is 1. The topological polar surface area (TPSA) is 12.9 Å². The minimum Gasteiger partial charge on any atom is -0.228 e. The highest BCUT2D eigenvalue weighted by molar-refractivity contribution is 6.29. The van der Waals surface area contributed by atoms with Gasteiger partial charge in [0.2, 0.25) is 0 Å². The lowest BCUT2D eigenvalue weighted by molar-refractivity contribution is -0.141. The van der Waals surface area contributed by atoms with Crippen LogP contribution in [0.15, 0.2) is 6.07 Å². The van der Waals surface area contributed by atoms with Gasteiger partial charge in [0.1, 0.15) is 5.69 Å². The normalized spacial score (nSPS) is 12.3. The summed E-state index contributed by atoms with van der Waals surface area (Å²) in [4.78, 5) is 2.62. The molecule has 0 spiro atoms. The molecule has 0 atom stereocenters. The van der Waals surface area contributed by atoms with E-state index in [1.165, 1.54) is 0 Å². The Hall–Kier alpha value is -0.980. The van der Waals surface area contributed by atoms with Gasteiger partial charge in [-0.1, -0.05) is 11.6 Å². The van der Waals surface area contributed by atoms with E-state index >= 15 is 0 Å². The zero-order chi connectivity index (χ0) is 11.8. The van der Waals surface area contributed by atoms with Gasteiger partial charge in [0, 0.05) is 0 Å². The van der Waals surface area contributed by atoms with Crippen molar-refractivity contribution < 1.29 is 26.3 Å². The summed E-state index contributed by atoms with van der Waals surface area (Å²) in [7, 11) is 0. The zero-order valence-corrected chi connectivity index (χ0v) is 7.50. The molecule has 0 amide bonds. The first-order valence-electron chi connectivity index (χ1n) is 3.44. The smallest absolute Gasteiger partial charge is 0.228 e. The zero-order valence-electron chi connectivity index (χ0n) is 6.75. The summed E-state index contributed by atoms with van der Waals surface area (Å²) in [5, 5.41) is -1.22. The molecule has 84 valence electrons. The molecule has 15 heavy (non-hydrogen) atoms. The average Bonchev–Trinajstić information content (AvgIpc) is 2.06. The Morgan fingerprint density at radius 3 is 2.20 bits per heavy atom. The molecule has 0 radical (unpaired) electrons. The molecule has 0 aliphatic carbocycles. The Balaban J connectivity index is 3.36. The molecule has 1 aromatic rings. The first kappa shape index (κ1) is 12.1. The van der Waals surface area contributed by atoms with Gasteiger partial charge in [-0.15, -0.1) is 0 Å². The molecule has 8 heteroatoms. The highest BCUT2D eigenvalue weighted by Gasteiger charge is 2.35. The van der Waals surface area contributed by atoms with Crippen LogP contribution in [-0.4, -0.2) is 4.98 Å². The van der Waals surface area contributed by atoms with Crippen molar-refractivity contribution in [2.45, 2.75) is 12.6 Å². The number of pyridine rings is 1. The molecule has 0 N–H and O–H groups in total. The second-order valence-corrected chi connectivity index (χ2v) is 2.86. The van der Waals surface area contributed by atoms with E-state index in [1.54, 1.807) is 0 Å². The van der Waals surface area contributed by atoms with E-state index in [0.717, 1.165) is 0 Å². The second kappa shape index (κ2) is 3.88. The Labute approximate surface area is 84.7 Å². The monoisotopic (exact) mass is 249 g/mol. The van der Waals surface area contributed by atoms with Gasteiger partial charge in [0.25, 0.3) is 6.43 Å². The highest BCUT2D eigenvalue weighted by atomic mass is 35.5. The third-order valence-electron chi connectivity index (χ3n) is 1.47. The van der Waals surface area contributed by atoms with Gasteiger partial charge in [-0.2, -0.15) is 13.2 Å². The largest absolute Gasteiger partial charge is 0.433 e. The van der Waals surface area contributed by atoms with E-state index in [1.807, 2.05) is 0 Å². The van der Waals surface area contributed by atoms with Crippen molar-refractivity contribution >= 4 is 11.6 Å². The predicted molar refractivity (Wildman–Crippen MR) is 39.2 cm³/mol. The van der Waals surface area contributed by atoms with Crippen LogP contribution in [0.1, 0.15) is 17.7 Å². The van der Waals surface area contributed by atoms with Crippen LogP contribution in [0.5, 0.6) is 0 Å². The third-order valence-corrected chi connectivity index (χ3v) is 1.72. The Bertz CT molecular complexity index is 374. The second-order valence-electron chi connectivity index (χ2n) is 2.50. The van der Waals surface area contributed by atoms with E-state index in [0.29, 0.717) is 0 Å². The first-order valence-corrected chi connectivity index (χ1v) is 3.82. The molecule has 0 aliphatic rings. The number of nitrogens with zero attached hydrogens (tertiary/aromatic N) is 1. The van der Waals surface area contributed by atoms with E-state index in [2.05, 4.69) is 4.98 Å². The molecule has 0 bridgehead atoms. The van der Waals surface area contributed by atoms with Crippen molar-refractivity contribution in [1.29, 1.82) is 0 Å². The highest BCUT2D eigenvalue weighted by Crippen LogP contribution is 2.33. The summed E-state index contributed by atoms with van der Waals surface area (Å²) in [5.41, 5.74) is -3.06. The first-order chi connectivity index (χ1) is 6.73. The minimum absolute atomic E-state index is 0.0636. The SMILES string of the molecule is Fc1c(C(F)F)cc(C(F)(F)F)nc1Cl. The third kappa shape index (κ3) is 2.53. The number of rotatable bonds is 1. The quantitative estimate of drug-likeness (QED) is 0.544. The van der Waals surface area contributed by atoms with Crippen LogP contribution in [0.4, 0.5) is 26.3 Å². The average molecular weight is 250 g/mol. The lowest BCUT2D eigenvalue weighted by Gasteiger charge is -2.09. The molecule has 0 unspecified atom stereocenters. The molecule has 1 aromatic heterocycles. The lowest BCUT2D eigenvalue weighted by Crippen LogP contribution is -2.10. The van der Waals surface area contributed by atoms with Crippen LogP contribution in [0.3, 0.4) is 0 Å². The molecule has 1 rings (SSSR count). The van der Waals surface area contributed by atoms with Crippen LogP contribution < -0.4 is 0 Å². The van der Waals surface area contributed by atoms with Gasteiger partial charge in [0.15, 0.2) is 11.0 Å². The van der Waals surface area contributed by atoms with Crippen molar-refractivity contribution in [3.63, 3.8) is 0 Å². The van der Waals surface area contributed by atoms with Crippen molar-refractivity contribution in [2.24, 2.45) is 0 Å². The molecule has 0 aliphatic heterocycles. The summed E-state index contributed by atoms with van der Waals surface area (Å²) in [6.45, 7) is 0. The van der Waals surface area contributed by atoms with Crippen LogP contribution in [-0.2, 0) is 6.18 Å². The fraction of sp³-hybridized carbons (Fsp3) is 0.286. The van der Waals surface area contributed by atoms with Crippen LogP contribution in [0, 0.1) is 5.82 Å². The number of halogens is 7. The van der Waals surface area contributed by atoms with Crippen molar-refractivity contribution in [1.82, 2.24) is 4.98 Å². The van der Waals surface area contributed by atoms with E-state index in [4.69, 9.17) is 11.6 Å². The van der Waals surface area contributed by atoms with E-state index in [-0.39, 0.29) is 6.07 Å². The molecular formula is C7H2ClF6N. The van der Waals surface area contributed by atoms with Gasteiger partial charge < -0.3 is 0 Å². The van der Waals surface area contributed by atoms with Crippen LogP contribution in [0.2, 0.25) is 5.15 Å². The summed E-state index contributed by atoms with van der Waals surface area (Å²) in [6.07, 6.45) is -8.33. The fourth-order valence-electron chi connectivity index (χ4n) is 0.821. The van der Waals surface area contributed by atoms with Crippen LogP contribution in [0.25, 0.3) is 0 Å². The van der Waals surface area contributed by atoms with Crippen molar-refractivity contribution in [3.05, 3.63) is 28.3 Å². The van der Waals surface area contributed by atoms with Crippen LogP contribution >= 0.6 is 11.6 Å². The molecule has 1 nitrogen and oxygen atoms in total. The maximum atomic E-state index is 12.8. The van der Waals surface area contributed by atoms with Gasteiger partial charge in [-0.05, 0) is 6.07 Å². The lowest BCUT2D eigenvalue weighted by atomic mass is 10.2. The molecule has 1 heterocycles. The molecule has 0 saturated heterocycles. The van der Waals surface area contributed by atoms with Crippen molar-refractivity contribution in [2.75, 3.05) is 0 Å². The molecular weight excluding hydrogens is 248 g/mol. The van der Waals surface area contributed by atoms with Gasteiger partial charge in [-0.25, -0.2) is 18.2 Å². The van der Waals surface area contributed by atoms with Gasteiger partial charge in [-0.3, -0.25) is 0 Å². The summed E-state index contributed by atoms with van der Waals surface area (Å²) in [6, 6.07) is -0.0636. The van der Waals surface area contributed by atoms with Gasteiger partial charge >= 0.3 is 6.18 Å².